The van der Waals surface area contributed by atoms with Crippen molar-refractivity contribution in [2.45, 2.75) is 27.7 Å². The SMILES string of the molecule is CC(C)C(C)(C)CNC(=O)c1cc(O)ccc1[N+](=O)[O-]. The standard InChI is InChI=1S/C14H20N2O4/c1-9(2)14(3,4)8-15-13(18)11-7-10(17)5-6-12(11)16(19)20/h5-7,9,17H,8H2,1-4H3,(H,15,18). The fourth-order valence-electron chi connectivity index (χ4n) is 1.47. The summed E-state index contributed by atoms with van der Waals surface area (Å²) in [5.74, 6) is -0.382. The van der Waals surface area contributed by atoms with E-state index in [4.69, 9.17) is 0 Å². The molecule has 0 atom stereocenters. The molecule has 1 aromatic carbocycles. The summed E-state index contributed by atoms with van der Waals surface area (Å²) in [7, 11) is 0. The minimum Gasteiger partial charge on any atom is -0.508 e. The molecule has 20 heavy (non-hydrogen) atoms. The number of phenols is 1. The lowest BCUT2D eigenvalue weighted by atomic mass is 9.81. The number of rotatable bonds is 5. The smallest absolute Gasteiger partial charge is 0.282 e. The normalized spacial score (nSPS) is 11.4. The van der Waals surface area contributed by atoms with Crippen LogP contribution in [-0.2, 0) is 0 Å². The lowest BCUT2D eigenvalue weighted by Crippen LogP contribution is -2.37. The number of carbonyl (C=O) groups is 1. The van der Waals surface area contributed by atoms with Crippen molar-refractivity contribution in [1.29, 1.82) is 0 Å². The van der Waals surface area contributed by atoms with Crippen LogP contribution < -0.4 is 5.32 Å². The lowest BCUT2D eigenvalue weighted by Gasteiger charge is -2.29. The van der Waals surface area contributed by atoms with Crippen LogP contribution in [0.15, 0.2) is 18.2 Å². The summed E-state index contributed by atoms with van der Waals surface area (Å²) in [6.07, 6.45) is 0. The Labute approximate surface area is 118 Å². The van der Waals surface area contributed by atoms with Crippen LogP contribution in [0.1, 0.15) is 38.1 Å². The Balaban J connectivity index is 2.93. The van der Waals surface area contributed by atoms with E-state index in [9.17, 15) is 20.0 Å². The third-order valence-electron chi connectivity index (χ3n) is 3.69. The molecule has 0 unspecified atom stereocenters. The fourth-order valence-corrected chi connectivity index (χ4v) is 1.47. The molecule has 0 aliphatic carbocycles. The van der Waals surface area contributed by atoms with E-state index in [0.717, 1.165) is 12.1 Å². The van der Waals surface area contributed by atoms with Gasteiger partial charge >= 0.3 is 0 Å². The number of hydrogen-bond acceptors (Lipinski definition) is 4. The van der Waals surface area contributed by atoms with Gasteiger partial charge in [0.1, 0.15) is 11.3 Å². The molecule has 110 valence electrons. The van der Waals surface area contributed by atoms with Gasteiger partial charge < -0.3 is 10.4 Å². The average Bonchev–Trinajstić information content (AvgIpc) is 2.35. The number of aromatic hydroxyl groups is 1. The van der Waals surface area contributed by atoms with Crippen LogP contribution in [0.3, 0.4) is 0 Å². The van der Waals surface area contributed by atoms with Crippen LogP contribution in [0.2, 0.25) is 0 Å². The quantitative estimate of drug-likeness (QED) is 0.640. The zero-order valence-electron chi connectivity index (χ0n) is 12.1. The summed E-state index contributed by atoms with van der Waals surface area (Å²) in [6, 6.07) is 3.42. The topological polar surface area (TPSA) is 92.5 Å². The van der Waals surface area contributed by atoms with E-state index in [0.29, 0.717) is 12.5 Å². The highest BCUT2D eigenvalue weighted by atomic mass is 16.6. The molecular weight excluding hydrogens is 260 g/mol. The maximum Gasteiger partial charge on any atom is 0.282 e. The Kier molecular flexibility index (Phi) is 4.70. The van der Waals surface area contributed by atoms with Crippen LogP contribution in [0.4, 0.5) is 5.69 Å². The number of hydrogen-bond donors (Lipinski definition) is 2. The number of nitro benzene ring substituents is 1. The van der Waals surface area contributed by atoms with Crippen molar-refractivity contribution in [3.63, 3.8) is 0 Å². The molecule has 0 saturated carbocycles. The first-order chi connectivity index (χ1) is 9.15. The number of nitro groups is 1. The fraction of sp³-hybridized carbons (Fsp3) is 0.500. The van der Waals surface area contributed by atoms with Gasteiger partial charge in [0.2, 0.25) is 0 Å². The monoisotopic (exact) mass is 280 g/mol. The molecule has 0 fully saturated rings. The summed E-state index contributed by atoms with van der Waals surface area (Å²) in [5, 5.41) is 23.0. The highest BCUT2D eigenvalue weighted by Crippen LogP contribution is 2.26. The first-order valence-corrected chi connectivity index (χ1v) is 6.41. The average molecular weight is 280 g/mol. The molecule has 1 amide bonds. The molecule has 6 nitrogen and oxygen atoms in total. The van der Waals surface area contributed by atoms with Gasteiger partial charge in [0.25, 0.3) is 11.6 Å². The van der Waals surface area contributed by atoms with Gasteiger partial charge in [-0.25, -0.2) is 0 Å². The van der Waals surface area contributed by atoms with Gasteiger partial charge in [0, 0.05) is 12.6 Å². The second-order valence-corrected chi connectivity index (χ2v) is 5.78. The Bertz CT molecular complexity index is 524. The highest BCUT2D eigenvalue weighted by Gasteiger charge is 2.25. The Hall–Kier alpha value is -2.11. The predicted molar refractivity (Wildman–Crippen MR) is 75.7 cm³/mol. The molecular formula is C14H20N2O4. The molecule has 2 N–H and O–H groups in total. The van der Waals surface area contributed by atoms with Crippen molar-refractivity contribution < 1.29 is 14.8 Å². The van der Waals surface area contributed by atoms with Crippen molar-refractivity contribution in [2.24, 2.45) is 11.3 Å². The highest BCUT2D eigenvalue weighted by molar-refractivity contribution is 5.98. The maximum atomic E-state index is 12.1. The molecule has 0 heterocycles. The largest absolute Gasteiger partial charge is 0.508 e. The van der Waals surface area contributed by atoms with Crippen molar-refractivity contribution in [3.05, 3.63) is 33.9 Å². The molecule has 0 spiro atoms. The molecule has 0 aliphatic rings. The number of nitrogens with zero attached hydrogens (tertiary/aromatic N) is 1. The molecule has 1 rings (SSSR count). The van der Waals surface area contributed by atoms with E-state index >= 15 is 0 Å². The third kappa shape index (κ3) is 3.69. The Morgan fingerprint density at radius 3 is 2.55 bits per heavy atom. The number of phenolic OH excluding ortho intramolecular Hbond substituents is 1. The minimum atomic E-state index is -0.637. The summed E-state index contributed by atoms with van der Waals surface area (Å²) in [6.45, 7) is 8.51. The summed E-state index contributed by atoms with van der Waals surface area (Å²) >= 11 is 0. The zero-order chi connectivity index (χ0) is 15.5. The number of benzene rings is 1. The van der Waals surface area contributed by atoms with Gasteiger partial charge in [-0.15, -0.1) is 0 Å². The van der Waals surface area contributed by atoms with E-state index in [1.807, 2.05) is 27.7 Å². The van der Waals surface area contributed by atoms with Gasteiger partial charge in [-0.3, -0.25) is 14.9 Å². The van der Waals surface area contributed by atoms with Gasteiger partial charge in [0.05, 0.1) is 4.92 Å². The van der Waals surface area contributed by atoms with Crippen LogP contribution in [0, 0.1) is 21.4 Å². The lowest BCUT2D eigenvalue weighted by molar-refractivity contribution is -0.385. The third-order valence-corrected chi connectivity index (χ3v) is 3.69. The first kappa shape index (κ1) is 15.9. The molecule has 0 aliphatic heterocycles. The number of amides is 1. The van der Waals surface area contributed by atoms with Crippen molar-refractivity contribution in [2.75, 3.05) is 6.54 Å². The summed E-state index contributed by atoms with van der Waals surface area (Å²) in [4.78, 5) is 22.3. The minimum absolute atomic E-state index is 0.124. The molecule has 6 heteroatoms. The molecule has 0 bridgehead atoms. The maximum absolute atomic E-state index is 12.1. The van der Waals surface area contributed by atoms with Crippen molar-refractivity contribution in [3.8, 4) is 5.75 Å². The first-order valence-electron chi connectivity index (χ1n) is 6.41. The molecule has 0 aromatic heterocycles. The van der Waals surface area contributed by atoms with E-state index in [1.165, 1.54) is 6.07 Å². The second-order valence-electron chi connectivity index (χ2n) is 5.78. The molecule has 1 aromatic rings. The van der Waals surface area contributed by atoms with Crippen LogP contribution in [0.5, 0.6) is 5.75 Å². The Morgan fingerprint density at radius 2 is 2.05 bits per heavy atom. The van der Waals surface area contributed by atoms with Gasteiger partial charge in [0.15, 0.2) is 0 Å². The summed E-state index contributed by atoms with van der Waals surface area (Å²) in [5.41, 5.74) is -0.571. The molecule has 0 radical (unpaired) electrons. The van der Waals surface area contributed by atoms with Gasteiger partial charge in [-0.2, -0.15) is 0 Å². The van der Waals surface area contributed by atoms with E-state index in [-0.39, 0.29) is 22.4 Å². The number of nitrogens with one attached hydrogen (secondary N) is 1. The Morgan fingerprint density at radius 1 is 1.45 bits per heavy atom. The van der Waals surface area contributed by atoms with E-state index in [1.54, 1.807) is 0 Å². The predicted octanol–water partition coefficient (Wildman–Crippen LogP) is 2.71. The van der Waals surface area contributed by atoms with Gasteiger partial charge in [-0.05, 0) is 23.5 Å². The summed E-state index contributed by atoms with van der Waals surface area (Å²) < 4.78 is 0. The van der Waals surface area contributed by atoms with Crippen molar-refractivity contribution in [1.82, 2.24) is 5.32 Å². The van der Waals surface area contributed by atoms with E-state index in [2.05, 4.69) is 5.32 Å². The van der Waals surface area contributed by atoms with Crippen molar-refractivity contribution >= 4 is 11.6 Å². The van der Waals surface area contributed by atoms with Gasteiger partial charge in [-0.1, -0.05) is 27.7 Å². The van der Waals surface area contributed by atoms with E-state index < -0.39 is 10.8 Å². The van der Waals surface area contributed by atoms with Crippen LogP contribution in [-0.4, -0.2) is 22.5 Å². The molecule has 0 saturated heterocycles. The van der Waals surface area contributed by atoms with Crippen LogP contribution in [0.25, 0.3) is 0 Å². The zero-order valence-corrected chi connectivity index (χ0v) is 12.1. The second kappa shape index (κ2) is 5.90. The number of carbonyl (C=O) groups excluding carboxylic acids is 1. The van der Waals surface area contributed by atoms with Crippen LogP contribution >= 0.6 is 0 Å².